The second-order valence-electron chi connectivity index (χ2n) is 3.76. The van der Waals surface area contributed by atoms with Crippen LogP contribution in [0.25, 0.3) is 11.4 Å². The van der Waals surface area contributed by atoms with Crippen molar-refractivity contribution in [3.63, 3.8) is 0 Å². The van der Waals surface area contributed by atoms with Gasteiger partial charge in [0.1, 0.15) is 0 Å². The van der Waals surface area contributed by atoms with Gasteiger partial charge in [-0.2, -0.15) is 0 Å². The smallest absolute Gasteiger partial charge is 0.159 e. The van der Waals surface area contributed by atoms with E-state index in [1.54, 1.807) is 0 Å². The van der Waals surface area contributed by atoms with Crippen molar-refractivity contribution in [2.45, 2.75) is 13.5 Å². The van der Waals surface area contributed by atoms with Crippen LogP contribution in [0.3, 0.4) is 0 Å². The lowest BCUT2D eigenvalue weighted by atomic mass is 10.1. The Bertz CT molecular complexity index is 463. The zero-order chi connectivity index (χ0) is 11.4. The molecule has 3 heteroatoms. The Balaban J connectivity index is 2.31. The Morgan fingerprint density at radius 3 is 2.44 bits per heavy atom. The number of aromatic nitrogens is 2. The average molecular weight is 213 g/mol. The molecule has 0 spiro atoms. The number of benzene rings is 1. The fraction of sp³-hybridized carbons (Fsp3) is 0.231. The van der Waals surface area contributed by atoms with E-state index in [9.17, 15) is 0 Å². The molecule has 1 N–H and O–H groups in total. The summed E-state index contributed by atoms with van der Waals surface area (Å²) < 4.78 is 0. The van der Waals surface area contributed by atoms with Crippen molar-refractivity contribution in [2.24, 2.45) is 0 Å². The normalized spacial score (nSPS) is 10.4. The molecular formula is C13H15N3. The highest BCUT2D eigenvalue weighted by Crippen LogP contribution is 2.18. The molecule has 1 heterocycles. The Kier molecular flexibility index (Phi) is 3.27. The third-order valence-corrected chi connectivity index (χ3v) is 2.47. The Hall–Kier alpha value is -1.74. The van der Waals surface area contributed by atoms with E-state index in [-0.39, 0.29) is 0 Å². The lowest BCUT2D eigenvalue weighted by molar-refractivity contribution is 0.807. The predicted molar refractivity (Wildman–Crippen MR) is 65.0 cm³/mol. The lowest BCUT2D eigenvalue weighted by Crippen LogP contribution is -2.06. The van der Waals surface area contributed by atoms with Crippen LogP contribution in [0.15, 0.2) is 36.7 Å². The number of hydrogen-bond acceptors (Lipinski definition) is 3. The molecule has 0 aliphatic carbocycles. The van der Waals surface area contributed by atoms with E-state index >= 15 is 0 Å². The van der Waals surface area contributed by atoms with Gasteiger partial charge in [0.2, 0.25) is 0 Å². The molecule has 16 heavy (non-hydrogen) atoms. The maximum atomic E-state index is 4.38. The van der Waals surface area contributed by atoms with Gasteiger partial charge in [0.15, 0.2) is 5.82 Å². The van der Waals surface area contributed by atoms with Crippen molar-refractivity contribution in [1.29, 1.82) is 0 Å². The fourth-order valence-corrected chi connectivity index (χ4v) is 1.61. The third kappa shape index (κ3) is 2.25. The molecule has 0 aliphatic rings. The van der Waals surface area contributed by atoms with Crippen LogP contribution >= 0.6 is 0 Å². The fourth-order valence-electron chi connectivity index (χ4n) is 1.61. The zero-order valence-electron chi connectivity index (χ0n) is 9.57. The molecule has 0 radical (unpaired) electrons. The Morgan fingerprint density at radius 1 is 1.12 bits per heavy atom. The summed E-state index contributed by atoms with van der Waals surface area (Å²) in [6, 6.07) is 8.14. The summed E-state index contributed by atoms with van der Waals surface area (Å²) in [7, 11) is 1.91. The highest BCUT2D eigenvalue weighted by Gasteiger charge is 2.03. The molecule has 1 aromatic carbocycles. The molecule has 82 valence electrons. The van der Waals surface area contributed by atoms with Crippen LogP contribution in [0, 0.1) is 6.92 Å². The Labute approximate surface area is 95.6 Å². The summed E-state index contributed by atoms with van der Waals surface area (Å²) in [4.78, 5) is 8.75. The SMILES string of the molecule is CNCc1cnc(-c2ccccc2C)nc1. The average Bonchev–Trinajstić information content (AvgIpc) is 2.31. The maximum Gasteiger partial charge on any atom is 0.159 e. The third-order valence-electron chi connectivity index (χ3n) is 2.47. The molecule has 0 atom stereocenters. The highest BCUT2D eigenvalue weighted by atomic mass is 14.9. The Morgan fingerprint density at radius 2 is 1.81 bits per heavy atom. The minimum Gasteiger partial charge on any atom is -0.316 e. The molecule has 0 bridgehead atoms. The number of nitrogens with zero attached hydrogens (tertiary/aromatic N) is 2. The highest BCUT2D eigenvalue weighted by molar-refractivity contribution is 5.59. The van der Waals surface area contributed by atoms with Crippen molar-refractivity contribution in [3.8, 4) is 11.4 Å². The molecule has 2 rings (SSSR count). The van der Waals surface area contributed by atoms with Crippen molar-refractivity contribution < 1.29 is 0 Å². The van der Waals surface area contributed by atoms with E-state index in [2.05, 4.69) is 28.3 Å². The van der Waals surface area contributed by atoms with E-state index in [4.69, 9.17) is 0 Å². The monoisotopic (exact) mass is 213 g/mol. The molecule has 0 saturated carbocycles. The van der Waals surface area contributed by atoms with Gasteiger partial charge in [-0.05, 0) is 19.5 Å². The van der Waals surface area contributed by atoms with Crippen LogP contribution in [-0.4, -0.2) is 17.0 Å². The van der Waals surface area contributed by atoms with Crippen molar-refractivity contribution in [3.05, 3.63) is 47.8 Å². The maximum absolute atomic E-state index is 4.38. The quantitative estimate of drug-likeness (QED) is 0.849. The summed E-state index contributed by atoms with van der Waals surface area (Å²) in [6.07, 6.45) is 3.73. The van der Waals surface area contributed by atoms with E-state index < -0.39 is 0 Å². The summed E-state index contributed by atoms with van der Waals surface area (Å²) >= 11 is 0. The molecule has 0 saturated heterocycles. The molecule has 0 fully saturated rings. The second-order valence-corrected chi connectivity index (χ2v) is 3.76. The van der Waals surface area contributed by atoms with Gasteiger partial charge in [-0.25, -0.2) is 9.97 Å². The van der Waals surface area contributed by atoms with Crippen LogP contribution in [0.5, 0.6) is 0 Å². The number of hydrogen-bond donors (Lipinski definition) is 1. The molecule has 3 nitrogen and oxygen atoms in total. The number of rotatable bonds is 3. The first-order valence-corrected chi connectivity index (χ1v) is 5.33. The van der Waals surface area contributed by atoms with Gasteiger partial charge in [-0.15, -0.1) is 0 Å². The van der Waals surface area contributed by atoms with E-state index in [0.29, 0.717) is 0 Å². The second kappa shape index (κ2) is 4.86. The van der Waals surface area contributed by atoms with Gasteiger partial charge in [0.05, 0.1) is 0 Å². The summed E-state index contributed by atoms with van der Waals surface area (Å²) in [5.74, 6) is 0.790. The van der Waals surface area contributed by atoms with E-state index in [1.165, 1.54) is 5.56 Å². The predicted octanol–water partition coefficient (Wildman–Crippen LogP) is 2.17. The largest absolute Gasteiger partial charge is 0.316 e. The molecule has 0 amide bonds. The van der Waals surface area contributed by atoms with E-state index in [1.807, 2.05) is 37.6 Å². The summed E-state index contributed by atoms with van der Waals surface area (Å²) in [6.45, 7) is 2.87. The van der Waals surface area contributed by atoms with Crippen molar-refractivity contribution in [1.82, 2.24) is 15.3 Å². The first-order chi connectivity index (χ1) is 7.81. The zero-order valence-corrected chi connectivity index (χ0v) is 9.57. The van der Waals surface area contributed by atoms with E-state index in [0.717, 1.165) is 23.5 Å². The van der Waals surface area contributed by atoms with Crippen LogP contribution in [0.1, 0.15) is 11.1 Å². The molecular weight excluding hydrogens is 198 g/mol. The topological polar surface area (TPSA) is 37.8 Å². The van der Waals surface area contributed by atoms with Gasteiger partial charge in [0.25, 0.3) is 0 Å². The summed E-state index contributed by atoms with van der Waals surface area (Å²) in [5, 5.41) is 3.07. The minimum absolute atomic E-state index is 0.790. The summed E-state index contributed by atoms with van der Waals surface area (Å²) in [5.41, 5.74) is 3.39. The van der Waals surface area contributed by atoms with Gasteiger partial charge in [-0.1, -0.05) is 24.3 Å². The van der Waals surface area contributed by atoms with Gasteiger partial charge in [-0.3, -0.25) is 0 Å². The number of aryl methyl sites for hydroxylation is 1. The van der Waals surface area contributed by atoms with Crippen molar-refractivity contribution in [2.75, 3.05) is 7.05 Å². The molecule has 0 aliphatic heterocycles. The molecule has 2 aromatic rings. The molecule has 1 aromatic heterocycles. The van der Waals surface area contributed by atoms with Gasteiger partial charge < -0.3 is 5.32 Å². The first-order valence-electron chi connectivity index (χ1n) is 5.33. The van der Waals surface area contributed by atoms with Crippen LogP contribution < -0.4 is 5.32 Å². The molecule has 0 unspecified atom stereocenters. The van der Waals surface area contributed by atoms with Crippen LogP contribution in [-0.2, 0) is 6.54 Å². The lowest BCUT2D eigenvalue weighted by Gasteiger charge is -2.04. The van der Waals surface area contributed by atoms with Crippen LogP contribution in [0.2, 0.25) is 0 Å². The number of nitrogens with one attached hydrogen (secondary N) is 1. The van der Waals surface area contributed by atoms with Gasteiger partial charge in [0, 0.05) is 30.1 Å². The van der Waals surface area contributed by atoms with Gasteiger partial charge >= 0.3 is 0 Å². The minimum atomic E-state index is 0.790. The van der Waals surface area contributed by atoms with Crippen molar-refractivity contribution >= 4 is 0 Å². The first kappa shape index (κ1) is 10.8. The standard InChI is InChI=1S/C13H15N3/c1-10-5-3-4-6-12(10)13-15-8-11(7-14-2)9-16-13/h3-6,8-9,14H,7H2,1-2H3. The van der Waals surface area contributed by atoms with Crippen LogP contribution in [0.4, 0.5) is 0 Å².